The van der Waals surface area contributed by atoms with Crippen LogP contribution in [0.15, 0.2) is 34.1 Å². The molecule has 3 N–H and O–H groups in total. The minimum absolute atomic E-state index is 0.602. The Morgan fingerprint density at radius 3 is 2.72 bits per heavy atom. The van der Waals surface area contributed by atoms with Crippen LogP contribution in [0.5, 0.6) is 0 Å². The van der Waals surface area contributed by atoms with E-state index >= 15 is 0 Å². The molecule has 2 heterocycles. The van der Waals surface area contributed by atoms with E-state index in [1.165, 1.54) is 4.88 Å². The molecule has 1 aliphatic carbocycles. The zero-order valence-corrected chi connectivity index (χ0v) is 15.9. The molecule has 0 spiro atoms. The van der Waals surface area contributed by atoms with Gasteiger partial charge in [-0.1, -0.05) is 25.3 Å². The van der Waals surface area contributed by atoms with E-state index < -0.39 is 11.6 Å². The van der Waals surface area contributed by atoms with E-state index in [0.29, 0.717) is 0 Å². The summed E-state index contributed by atoms with van der Waals surface area (Å²) < 4.78 is 1.09. The van der Waals surface area contributed by atoms with Crippen LogP contribution in [0.3, 0.4) is 0 Å². The third kappa shape index (κ3) is 3.18. The largest absolute Gasteiger partial charge is 0.465 e. The highest BCUT2D eigenvalue weighted by molar-refractivity contribution is 9.11. The summed E-state index contributed by atoms with van der Waals surface area (Å²) >= 11 is 5.18. The van der Waals surface area contributed by atoms with Crippen LogP contribution >= 0.6 is 27.3 Å². The summed E-state index contributed by atoms with van der Waals surface area (Å²) in [5.74, 6) is 0.731. The van der Waals surface area contributed by atoms with Crippen LogP contribution in [-0.2, 0) is 5.54 Å². The van der Waals surface area contributed by atoms with Crippen LogP contribution in [0.25, 0.3) is 21.5 Å². The van der Waals surface area contributed by atoms with Crippen LogP contribution in [-0.4, -0.2) is 21.2 Å². The number of nitrogens with one attached hydrogen (secondary N) is 2. The maximum Gasteiger partial charge on any atom is 0.405 e. The van der Waals surface area contributed by atoms with Gasteiger partial charge in [-0.3, -0.25) is 0 Å². The fraction of sp³-hybridized carbons (Fsp3) is 0.333. The van der Waals surface area contributed by atoms with E-state index in [1.54, 1.807) is 11.3 Å². The molecule has 130 valence electrons. The molecule has 7 heteroatoms. The second kappa shape index (κ2) is 6.46. The Hall–Kier alpha value is -1.86. The molecule has 5 nitrogen and oxygen atoms in total. The third-order valence-corrected chi connectivity index (χ3v) is 6.52. The molecule has 2 aromatic heterocycles. The van der Waals surface area contributed by atoms with Crippen molar-refractivity contribution in [1.29, 1.82) is 0 Å². The highest BCUT2D eigenvalue weighted by atomic mass is 79.9. The average Bonchev–Trinajstić information content (AvgIpc) is 3.20. The van der Waals surface area contributed by atoms with E-state index in [4.69, 9.17) is 4.98 Å². The summed E-state index contributed by atoms with van der Waals surface area (Å²) in [6, 6.07) is 10.3. The number of fused-ring (bicyclic) bond motifs is 1. The van der Waals surface area contributed by atoms with Gasteiger partial charge in [-0.25, -0.2) is 9.78 Å². The number of aromatic amines is 1. The third-order valence-electron chi connectivity index (χ3n) is 4.85. The predicted octanol–water partition coefficient (Wildman–Crippen LogP) is 5.48. The summed E-state index contributed by atoms with van der Waals surface area (Å²) in [4.78, 5) is 20.6. The molecule has 0 radical (unpaired) electrons. The molecule has 1 aromatic carbocycles. The number of aromatic nitrogens is 2. The zero-order chi connectivity index (χ0) is 17.4. The van der Waals surface area contributed by atoms with Crippen molar-refractivity contribution in [2.24, 2.45) is 0 Å². The van der Waals surface area contributed by atoms with Gasteiger partial charge in [-0.2, -0.15) is 0 Å². The molecule has 0 saturated heterocycles. The summed E-state index contributed by atoms with van der Waals surface area (Å²) in [7, 11) is 0. The van der Waals surface area contributed by atoms with Gasteiger partial charge in [0.2, 0.25) is 0 Å². The summed E-state index contributed by atoms with van der Waals surface area (Å²) in [6.45, 7) is 0. The SMILES string of the molecule is O=C(O)NC1(c2nc3cc(-c4ccc(Br)s4)ccc3[nH]2)CCCCC1. The molecule has 0 unspecified atom stereocenters. The minimum atomic E-state index is -0.994. The van der Waals surface area contributed by atoms with Gasteiger partial charge in [0.05, 0.1) is 14.8 Å². The molecular weight excluding hydrogens is 402 g/mol. The fourth-order valence-corrected chi connectivity index (χ4v) is 5.02. The first-order chi connectivity index (χ1) is 12.1. The van der Waals surface area contributed by atoms with Gasteiger partial charge in [0.25, 0.3) is 0 Å². The van der Waals surface area contributed by atoms with E-state index in [9.17, 15) is 9.90 Å². The van der Waals surface area contributed by atoms with Crippen LogP contribution in [0.2, 0.25) is 0 Å². The first-order valence-electron chi connectivity index (χ1n) is 8.33. The number of carbonyl (C=O) groups is 1. The van der Waals surface area contributed by atoms with Crippen molar-refractivity contribution in [2.75, 3.05) is 0 Å². The van der Waals surface area contributed by atoms with Crippen LogP contribution in [0, 0.1) is 0 Å². The van der Waals surface area contributed by atoms with Gasteiger partial charge in [0, 0.05) is 4.88 Å². The van der Waals surface area contributed by atoms with Crippen molar-refractivity contribution in [3.8, 4) is 10.4 Å². The molecule has 3 aromatic rings. The Morgan fingerprint density at radius 1 is 1.24 bits per heavy atom. The number of rotatable bonds is 3. The van der Waals surface area contributed by atoms with E-state index in [1.807, 2.05) is 12.1 Å². The highest BCUT2D eigenvalue weighted by Gasteiger charge is 2.38. The van der Waals surface area contributed by atoms with E-state index in [2.05, 4.69) is 44.4 Å². The first-order valence-corrected chi connectivity index (χ1v) is 9.94. The van der Waals surface area contributed by atoms with Crippen molar-refractivity contribution in [2.45, 2.75) is 37.6 Å². The lowest BCUT2D eigenvalue weighted by Gasteiger charge is -2.35. The number of amides is 1. The maximum atomic E-state index is 11.3. The van der Waals surface area contributed by atoms with Gasteiger partial charge >= 0.3 is 6.09 Å². The van der Waals surface area contributed by atoms with Crippen molar-refractivity contribution in [1.82, 2.24) is 15.3 Å². The van der Waals surface area contributed by atoms with Gasteiger partial charge in [0.15, 0.2) is 0 Å². The number of hydrogen-bond donors (Lipinski definition) is 3. The molecule has 1 fully saturated rings. The average molecular weight is 420 g/mol. The molecule has 1 saturated carbocycles. The summed E-state index contributed by atoms with van der Waals surface area (Å²) in [5, 5.41) is 12.0. The number of nitrogens with zero attached hydrogens (tertiary/aromatic N) is 1. The lowest BCUT2D eigenvalue weighted by molar-refractivity contribution is 0.159. The van der Waals surface area contributed by atoms with Crippen molar-refractivity contribution in [3.63, 3.8) is 0 Å². The maximum absolute atomic E-state index is 11.3. The lowest BCUT2D eigenvalue weighted by Crippen LogP contribution is -2.47. The molecule has 1 amide bonds. The number of thiophene rings is 1. The number of benzene rings is 1. The topological polar surface area (TPSA) is 78.0 Å². The Kier molecular flexibility index (Phi) is 4.29. The monoisotopic (exact) mass is 419 g/mol. The summed E-state index contributed by atoms with van der Waals surface area (Å²) in [5.41, 5.74) is 2.32. The number of carboxylic acid groups (broad SMARTS) is 1. The molecule has 0 bridgehead atoms. The van der Waals surface area contributed by atoms with Crippen molar-refractivity contribution < 1.29 is 9.90 Å². The second-order valence-electron chi connectivity index (χ2n) is 6.49. The molecule has 4 rings (SSSR count). The number of halogens is 1. The highest BCUT2D eigenvalue weighted by Crippen LogP contribution is 2.37. The molecule has 0 atom stereocenters. The predicted molar refractivity (Wildman–Crippen MR) is 103 cm³/mol. The van der Waals surface area contributed by atoms with Crippen LogP contribution in [0.4, 0.5) is 4.79 Å². The van der Waals surface area contributed by atoms with Gasteiger partial charge in [0.1, 0.15) is 11.4 Å². The van der Waals surface area contributed by atoms with Crippen molar-refractivity contribution in [3.05, 3.63) is 39.9 Å². The molecule has 1 aliphatic rings. The Morgan fingerprint density at radius 2 is 2.04 bits per heavy atom. The van der Waals surface area contributed by atoms with Gasteiger partial charge < -0.3 is 15.4 Å². The quantitative estimate of drug-likeness (QED) is 0.525. The zero-order valence-electron chi connectivity index (χ0n) is 13.5. The molecular formula is C18H18BrN3O2S. The standard InChI is InChI=1S/C18H18BrN3O2S/c19-15-7-6-14(25-15)11-4-5-12-13(10-11)21-16(20-12)18(22-17(23)24)8-2-1-3-9-18/h4-7,10,22H,1-3,8-9H2,(H,20,21)(H,23,24). The Bertz CT molecular complexity index is 927. The molecule has 0 aliphatic heterocycles. The van der Waals surface area contributed by atoms with Gasteiger partial charge in [-0.15, -0.1) is 11.3 Å². The first kappa shape index (κ1) is 16.6. The number of hydrogen-bond acceptors (Lipinski definition) is 3. The smallest absolute Gasteiger partial charge is 0.405 e. The van der Waals surface area contributed by atoms with Crippen molar-refractivity contribution >= 4 is 44.4 Å². The number of H-pyrrole nitrogens is 1. The Balaban J connectivity index is 1.75. The normalized spacial score (nSPS) is 16.8. The molecule has 25 heavy (non-hydrogen) atoms. The minimum Gasteiger partial charge on any atom is -0.465 e. The van der Waals surface area contributed by atoms with Crippen LogP contribution in [0.1, 0.15) is 37.9 Å². The lowest BCUT2D eigenvalue weighted by atomic mass is 9.81. The number of imidazole rings is 1. The summed E-state index contributed by atoms with van der Waals surface area (Å²) in [6.07, 6.45) is 3.72. The van der Waals surface area contributed by atoms with E-state index in [-0.39, 0.29) is 0 Å². The Labute approximate surface area is 157 Å². The fourth-order valence-electron chi connectivity index (χ4n) is 3.64. The second-order valence-corrected chi connectivity index (χ2v) is 8.96. The van der Waals surface area contributed by atoms with E-state index in [0.717, 1.165) is 58.3 Å². The van der Waals surface area contributed by atoms with Crippen LogP contribution < -0.4 is 5.32 Å². The van der Waals surface area contributed by atoms with Gasteiger partial charge in [-0.05, 0) is 58.6 Å².